The van der Waals surface area contributed by atoms with E-state index in [1.807, 2.05) is 22.5 Å². The topological polar surface area (TPSA) is 58.4 Å². The Hall–Kier alpha value is -2.10. The number of aromatic nitrogens is 2. The van der Waals surface area contributed by atoms with Crippen LogP contribution >= 0.6 is 11.3 Å². The second-order valence-corrected chi connectivity index (χ2v) is 5.62. The van der Waals surface area contributed by atoms with Gasteiger partial charge >= 0.3 is 0 Å². The van der Waals surface area contributed by atoms with Crippen LogP contribution in [0.25, 0.3) is 0 Å². The minimum absolute atomic E-state index is 0.00699. The van der Waals surface area contributed by atoms with E-state index in [9.17, 15) is 4.79 Å². The number of fused-ring (bicyclic) bond motifs is 1. The van der Waals surface area contributed by atoms with Crippen molar-refractivity contribution in [2.24, 2.45) is 0 Å². The van der Waals surface area contributed by atoms with Gasteiger partial charge in [-0.05, 0) is 11.4 Å². The van der Waals surface area contributed by atoms with Gasteiger partial charge in [-0.15, -0.1) is 11.3 Å². The SMILES string of the molecule is O=C(c1sccc1C#CCCO)N1CCn2ccnc2C1. The number of nitrogens with zero attached hydrogens (tertiary/aromatic N) is 3. The summed E-state index contributed by atoms with van der Waals surface area (Å²) in [5.74, 6) is 6.75. The van der Waals surface area contributed by atoms with Crippen molar-refractivity contribution in [2.75, 3.05) is 13.2 Å². The van der Waals surface area contributed by atoms with E-state index >= 15 is 0 Å². The number of carbonyl (C=O) groups is 1. The molecular formula is C15H15N3O2S. The Kier molecular flexibility index (Phi) is 4.04. The first-order chi connectivity index (χ1) is 10.3. The summed E-state index contributed by atoms with van der Waals surface area (Å²) in [5.41, 5.74) is 0.743. The number of thiophene rings is 1. The highest BCUT2D eigenvalue weighted by atomic mass is 32.1. The van der Waals surface area contributed by atoms with Gasteiger partial charge in [0.25, 0.3) is 5.91 Å². The zero-order chi connectivity index (χ0) is 14.7. The van der Waals surface area contributed by atoms with E-state index in [-0.39, 0.29) is 12.5 Å². The molecule has 1 N–H and O–H groups in total. The van der Waals surface area contributed by atoms with Gasteiger partial charge in [-0.25, -0.2) is 4.98 Å². The highest BCUT2D eigenvalue weighted by Gasteiger charge is 2.24. The van der Waals surface area contributed by atoms with Crippen LogP contribution < -0.4 is 0 Å². The number of amides is 1. The second-order valence-electron chi connectivity index (χ2n) is 4.70. The molecule has 2 aromatic rings. The standard InChI is InChI=1S/C15H15N3O2S/c19-9-2-1-3-12-4-10-21-14(12)15(20)18-8-7-17-6-5-16-13(17)11-18/h4-6,10,19H,2,7-9,11H2. The zero-order valence-corrected chi connectivity index (χ0v) is 12.3. The van der Waals surface area contributed by atoms with Crippen LogP contribution in [0, 0.1) is 11.8 Å². The molecular weight excluding hydrogens is 286 g/mol. The van der Waals surface area contributed by atoms with Crippen LogP contribution in [0.4, 0.5) is 0 Å². The molecule has 3 rings (SSSR count). The average molecular weight is 301 g/mol. The van der Waals surface area contributed by atoms with E-state index in [2.05, 4.69) is 21.4 Å². The Morgan fingerprint density at radius 2 is 2.38 bits per heavy atom. The normalized spacial score (nSPS) is 13.5. The van der Waals surface area contributed by atoms with Crippen LogP contribution in [-0.4, -0.2) is 38.6 Å². The zero-order valence-electron chi connectivity index (χ0n) is 11.5. The molecule has 3 heterocycles. The maximum atomic E-state index is 12.6. The first-order valence-corrected chi connectivity index (χ1v) is 7.64. The molecule has 1 aliphatic rings. The quantitative estimate of drug-likeness (QED) is 0.852. The fourth-order valence-corrected chi connectivity index (χ4v) is 3.09. The molecule has 0 saturated heterocycles. The molecule has 0 aromatic carbocycles. The Morgan fingerprint density at radius 3 is 3.24 bits per heavy atom. The average Bonchev–Trinajstić information content (AvgIpc) is 3.14. The molecule has 2 aromatic heterocycles. The number of hydrogen-bond acceptors (Lipinski definition) is 4. The van der Waals surface area contributed by atoms with Crippen molar-refractivity contribution in [3.8, 4) is 11.8 Å². The van der Waals surface area contributed by atoms with Gasteiger partial charge in [-0.1, -0.05) is 11.8 Å². The first kappa shape index (κ1) is 13.9. The lowest BCUT2D eigenvalue weighted by Crippen LogP contribution is -2.38. The Balaban J connectivity index is 1.78. The van der Waals surface area contributed by atoms with Crippen LogP contribution in [0.5, 0.6) is 0 Å². The fourth-order valence-electron chi connectivity index (χ4n) is 2.28. The van der Waals surface area contributed by atoms with Crippen molar-refractivity contribution < 1.29 is 9.90 Å². The first-order valence-electron chi connectivity index (χ1n) is 6.76. The Bertz CT molecular complexity index is 708. The Morgan fingerprint density at radius 1 is 1.48 bits per heavy atom. The lowest BCUT2D eigenvalue weighted by atomic mass is 10.2. The van der Waals surface area contributed by atoms with Gasteiger partial charge in [0, 0.05) is 37.5 Å². The summed E-state index contributed by atoms with van der Waals surface area (Å²) in [5, 5.41) is 10.6. The van der Waals surface area contributed by atoms with Gasteiger partial charge in [0.05, 0.1) is 13.2 Å². The summed E-state index contributed by atoms with van der Waals surface area (Å²) in [6.07, 6.45) is 4.12. The predicted molar refractivity (Wildman–Crippen MR) is 79.9 cm³/mol. The van der Waals surface area contributed by atoms with Gasteiger partial charge < -0.3 is 14.6 Å². The minimum Gasteiger partial charge on any atom is -0.395 e. The molecule has 0 saturated carbocycles. The molecule has 0 bridgehead atoms. The minimum atomic E-state index is 0.00699. The van der Waals surface area contributed by atoms with Gasteiger partial charge in [-0.2, -0.15) is 0 Å². The largest absolute Gasteiger partial charge is 0.395 e. The lowest BCUT2D eigenvalue weighted by molar-refractivity contribution is 0.0712. The third kappa shape index (κ3) is 2.84. The molecule has 0 atom stereocenters. The maximum Gasteiger partial charge on any atom is 0.265 e. The third-order valence-corrected chi connectivity index (χ3v) is 4.25. The number of carbonyl (C=O) groups excluding carboxylic acids is 1. The van der Waals surface area contributed by atoms with Crippen molar-refractivity contribution in [1.29, 1.82) is 0 Å². The summed E-state index contributed by atoms with van der Waals surface area (Å²) in [6, 6.07) is 1.85. The molecule has 0 aliphatic carbocycles. The summed E-state index contributed by atoms with van der Waals surface area (Å²) in [6.45, 7) is 2.03. The smallest absolute Gasteiger partial charge is 0.265 e. The van der Waals surface area contributed by atoms with Crippen molar-refractivity contribution in [3.05, 3.63) is 40.1 Å². The van der Waals surface area contributed by atoms with E-state index in [4.69, 9.17) is 5.11 Å². The van der Waals surface area contributed by atoms with Crippen molar-refractivity contribution >= 4 is 17.2 Å². The molecule has 0 unspecified atom stereocenters. The van der Waals surface area contributed by atoms with Gasteiger partial charge in [0.1, 0.15) is 10.7 Å². The van der Waals surface area contributed by atoms with Crippen LogP contribution in [0.15, 0.2) is 23.8 Å². The van der Waals surface area contributed by atoms with Gasteiger partial charge in [0.2, 0.25) is 0 Å². The van der Waals surface area contributed by atoms with Crippen LogP contribution in [-0.2, 0) is 13.1 Å². The Labute approximate surface area is 126 Å². The van der Waals surface area contributed by atoms with Crippen molar-refractivity contribution in [3.63, 3.8) is 0 Å². The van der Waals surface area contributed by atoms with Crippen molar-refractivity contribution in [2.45, 2.75) is 19.5 Å². The number of imidazole rings is 1. The fraction of sp³-hybridized carbons (Fsp3) is 0.333. The molecule has 0 fully saturated rings. The number of hydrogen-bond donors (Lipinski definition) is 1. The lowest BCUT2D eigenvalue weighted by Gasteiger charge is -2.27. The summed E-state index contributed by atoms with van der Waals surface area (Å²) < 4.78 is 2.07. The van der Waals surface area contributed by atoms with Crippen LogP contribution in [0.3, 0.4) is 0 Å². The summed E-state index contributed by atoms with van der Waals surface area (Å²) in [4.78, 5) is 19.4. The molecule has 108 valence electrons. The van der Waals surface area contributed by atoms with E-state index in [0.717, 1.165) is 17.9 Å². The molecule has 1 amide bonds. The molecule has 6 heteroatoms. The highest BCUT2D eigenvalue weighted by molar-refractivity contribution is 7.12. The van der Waals surface area contributed by atoms with Crippen LogP contribution in [0.1, 0.15) is 27.5 Å². The molecule has 21 heavy (non-hydrogen) atoms. The second kappa shape index (κ2) is 6.12. The maximum absolute atomic E-state index is 12.6. The predicted octanol–water partition coefficient (Wildman–Crippen LogP) is 1.33. The number of aliphatic hydroxyl groups excluding tert-OH is 1. The van der Waals surface area contributed by atoms with Gasteiger partial charge in [0.15, 0.2) is 0 Å². The van der Waals surface area contributed by atoms with E-state index in [1.165, 1.54) is 11.3 Å². The van der Waals surface area contributed by atoms with Crippen LogP contribution in [0.2, 0.25) is 0 Å². The molecule has 0 spiro atoms. The third-order valence-electron chi connectivity index (χ3n) is 3.35. The molecule has 5 nitrogen and oxygen atoms in total. The molecule has 1 aliphatic heterocycles. The highest BCUT2D eigenvalue weighted by Crippen LogP contribution is 2.21. The number of aliphatic hydroxyl groups is 1. The summed E-state index contributed by atoms with van der Waals surface area (Å²) in [7, 11) is 0. The van der Waals surface area contributed by atoms with E-state index in [1.54, 1.807) is 6.20 Å². The molecule has 0 radical (unpaired) electrons. The van der Waals surface area contributed by atoms with E-state index in [0.29, 0.717) is 24.4 Å². The summed E-state index contributed by atoms with van der Waals surface area (Å²) >= 11 is 1.41. The number of rotatable bonds is 2. The van der Waals surface area contributed by atoms with E-state index < -0.39 is 0 Å². The van der Waals surface area contributed by atoms with Crippen molar-refractivity contribution in [1.82, 2.24) is 14.5 Å². The monoisotopic (exact) mass is 301 g/mol. The van der Waals surface area contributed by atoms with Gasteiger partial charge in [-0.3, -0.25) is 4.79 Å².